The summed E-state index contributed by atoms with van der Waals surface area (Å²) in [6, 6.07) is 5.23. The van der Waals surface area contributed by atoms with E-state index in [1.165, 1.54) is 30.2 Å². The fourth-order valence-corrected chi connectivity index (χ4v) is 5.69. The predicted molar refractivity (Wildman–Crippen MR) is 123 cm³/mol. The molecule has 1 saturated carbocycles. The van der Waals surface area contributed by atoms with E-state index in [2.05, 4.69) is 0 Å². The molecule has 0 aromatic heterocycles. The molecule has 0 bridgehead atoms. The fraction of sp³-hybridized carbons (Fsp3) is 0.577. The minimum Gasteiger partial charge on any atom is -0.497 e. The number of benzene rings is 1. The van der Waals surface area contributed by atoms with Crippen LogP contribution in [0.1, 0.15) is 75.6 Å². The van der Waals surface area contributed by atoms with Gasteiger partial charge >= 0.3 is 6.18 Å². The molecule has 0 radical (unpaired) electrons. The summed E-state index contributed by atoms with van der Waals surface area (Å²) in [5.74, 6) is -2.83. The Morgan fingerprint density at radius 3 is 2.34 bits per heavy atom. The monoisotopic (exact) mass is 492 g/mol. The van der Waals surface area contributed by atoms with Crippen LogP contribution in [0, 0.1) is 5.41 Å². The molecule has 3 aliphatic rings. The number of alkyl halides is 3. The van der Waals surface area contributed by atoms with Crippen molar-refractivity contribution < 1.29 is 32.3 Å². The molecule has 0 saturated heterocycles. The van der Waals surface area contributed by atoms with Gasteiger partial charge in [-0.2, -0.15) is 13.2 Å². The maximum absolute atomic E-state index is 15.0. The van der Waals surface area contributed by atoms with Gasteiger partial charge in [0.25, 0.3) is 11.8 Å². The van der Waals surface area contributed by atoms with Gasteiger partial charge < -0.3 is 15.0 Å². The highest BCUT2D eigenvalue weighted by Crippen LogP contribution is 2.53. The Morgan fingerprint density at radius 2 is 1.74 bits per heavy atom. The lowest BCUT2D eigenvalue weighted by molar-refractivity contribution is -0.191. The van der Waals surface area contributed by atoms with E-state index in [0.29, 0.717) is 12.8 Å². The van der Waals surface area contributed by atoms with Gasteiger partial charge in [-0.3, -0.25) is 14.4 Å². The number of hydrogen-bond donors (Lipinski definition) is 1. The minimum absolute atomic E-state index is 0.0978. The minimum atomic E-state index is -5.21. The highest BCUT2D eigenvalue weighted by atomic mass is 19.4. The molecule has 1 atom stereocenters. The maximum atomic E-state index is 15.0. The Labute approximate surface area is 202 Å². The normalized spacial score (nSPS) is 25.4. The number of methoxy groups -OCH3 is 1. The molecule has 6 nitrogen and oxygen atoms in total. The molecular weight excluding hydrogens is 461 g/mol. The van der Waals surface area contributed by atoms with Crippen LogP contribution >= 0.6 is 0 Å². The molecule has 0 unspecified atom stereocenters. The summed E-state index contributed by atoms with van der Waals surface area (Å²) in [4.78, 5) is 41.5. The first kappa shape index (κ1) is 25.3. The summed E-state index contributed by atoms with van der Waals surface area (Å²) in [5.41, 5.74) is -4.61. The molecule has 1 aromatic carbocycles. The van der Waals surface area contributed by atoms with Crippen molar-refractivity contribution in [3.8, 4) is 5.75 Å². The van der Waals surface area contributed by atoms with E-state index >= 15 is 0 Å². The van der Waals surface area contributed by atoms with E-state index in [9.17, 15) is 27.6 Å². The molecule has 1 aromatic rings. The van der Waals surface area contributed by atoms with Gasteiger partial charge in [-0.05, 0) is 42.9 Å². The zero-order valence-electron chi connectivity index (χ0n) is 20.3. The fourth-order valence-electron chi connectivity index (χ4n) is 5.69. The van der Waals surface area contributed by atoms with Crippen LogP contribution in [0.2, 0.25) is 0 Å². The number of carbonyl (C=O) groups excluding carboxylic acids is 3. The highest BCUT2D eigenvalue weighted by Gasteiger charge is 2.72. The van der Waals surface area contributed by atoms with Crippen molar-refractivity contribution in [1.82, 2.24) is 10.2 Å². The Bertz CT molecular complexity index is 1070. The molecule has 2 amide bonds. The van der Waals surface area contributed by atoms with Crippen LogP contribution in [-0.2, 0) is 9.59 Å². The van der Waals surface area contributed by atoms with E-state index in [0.717, 1.165) is 25.7 Å². The van der Waals surface area contributed by atoms with E-state index in [1.807, 2.05) is 19.2 Å². The molecule has 1 fully saturated rings. The summed E-state index contributed by atoms with van der Waals surface area (Å²) in [7, 11) is 1.37. The third kappa shape index (κ3) is 4.34. The zero-order chi connectivity index (χ0) is 25.6. The predicted octanol–water partition coefficient (Wildman–Crippen LogP) is 4.93. The summed E-state index contributed by atoms with van der Waals surface area (Å²) >= 11 is 0. The van der Waals surface area contributed by atoms with Gasteiger partial charge in [0.05, 0.1) is 12.7 Å². The van der Waals surface area contributed by atoms with Crippen molar-refractivity contribution in [1.29, 1.82) is 0 Å². The molecule has 1 aliphatic heterocycles. The number of rotatable bonds is 4. The largest absolute Gasteiger partial charge is 0.497 e. The number of carbonyl (C=O) groups is 3. The smallest absolute Gasteiger partial charge is 0.425 e. The second-order valence-electron chi connectivity index (χ2n) is 10.5. The van der Waals surface area contributed by atoms with Crippen LogP contribution in [0.3, 0.4) is 0 Å². The molecule has 190 valence electrons. The molecule has 2 aliphatic carbocycles. The Hall–Kier alpha value is -2.84. The third-order valence-corrected chi connectivity index (χ3v) is 7.31. The first-order valence-corrected chi connectivity index (χ1v) is 12.0. The topological polar surface area (TPSA) is 75.7 Å². The molecule has 0 spiro atoms. The van der Waals surface area contributed by atoms with E-state index in [-0.39, 0.29) is 29.9 Å². The van der Waals surface area contributed by atoms with Crippen LogP contribution < -0.4 is 10.1 Å². The van der Waals surface area contributed by atoms with Crippen LogP contribution in [-0.4, -0.2) is 47.4 Å². The van der Waals surface area contributed by atoms with Gasteiger partial charge in [-0.25, -0.2) is 0 Å². The summed E-state index contributed by atoms with van der Waals surface area (Å²) in [5, 5.41) is 2.00. The van der Waals surface area contributed by atoms with Gasteiger partial charge in [0.2, 0.25) is 5.54 Å². The average molecular weight is 493 g/mol. The summed E-state index contributed by atoms with van der Waals surface area (Å²) in [6.07, 6.45) is -0.571. The van der Waals surface area contributed by atoms with Crippen LogP contribution in [0.4, 0.5) is 13.2 Å². The lowest BCUT2D eigenvalue weighted by Crippen LogP contribution is -2.66. The molecule has 9 heteroatoms. The first-order chi connectivity index (χ1) is 16.4. The van der Waals surface area contributed by atoms with E-state index in [1.54, 1.807) is 6.07 Å². The number of amides is 2. The van der Waals surface area contributed by atoms with E-state index < -0.39 is 46.3 Å². The Morgan fingerprint density at radius 1 is 1.09 bits per heavy atom. The SMILES string of the molecule is COc1cccc(C(=O)N[C@]2(C(F)(F)F)C(=O)N(C3CCCCCC3)C3=C2C(=O)CC(C)(C)C3)c1. The second kappa shape index (κ2) is 8.99. The number of halogens is 3. The zero-order valence-corrected chi connectivity index (χ0v) is 20.3. The van der Waals surface area contributed by atoms with Crippen molar-refractivity contribution in [2.24, 2.45) is 5.41 Å². The van der Waals surface area contributed by atoms with Gasteiger partial charge in [-0.15, -0.1) is 0 Å². The average Bonchev–Trinajstić information content (AvgIpc) is 2.92. The number of nitrogens with one attached hydrogen (secondary N) is 1. The van der Waals surface area contributed by atoms with Crippen molar-refractivity contribution in [2.45, 2.75) is 83.0 Å². The first-order valence-electron chi connectivity index (χ1n) is 12.0. The molecule has 1 heterocycles. The number of Topliss-reactive ketones (excluding diaryl/α,β-unsaturated/α-hetero) is 1. The number of nitrogens with zero attached hydrogens (tertiary/aromatic N) is 1. The van der Waals surface area contributed by atoms with Gasteiger partial charge in [0, 0.05) is 23.7 Å². The molecule has 1 N–H and O–H groups in total. The number of ether oxygens (including phenoxy) is 1. The quantitative estimate of drug-likeness (QED) is 0.605. The van der Waals surface area contributed by atoms with Crippen molar-refractivity contribution >= 4 is 17.6 Å². The lowest BCUT2D eigenvalue weighted by atomic mass is 9.72. The van der Waals surface area contributed by atoms with Crippen molar-refractivity contribution in [2.75, 3.05) is 7.11 Å². The van der Waals surface area contributed by atoms with Crippen molar-refractivity contribution in [3.63, 3.8) is 0 Å². The summed E-state index contributed by atoms with van der Waals surface area (Å²) < 4.78 is 50.0. The van der Waals surface area contributed by atoms with Crippen LogP contribution in [0.25, 0.3) is 0 Å². The number of allylic oxidation sites excluding steroid dienone is 1. The molecular formula is C26H31F3N2O4. The Kier molecular flexibility index (Phi) is 6.49. The standard InChI is InChI=1S/C26H31F3N2O4/c1-24(2)14-19-21(20(32)15-24)25(26(27,28)29,23(34)31(19)17-10-6-4-5-7-11-17)30-22(33)16-9-8-12-18(13-16)35-3/h8-9,12-13,17H,4-7,10-11,14-15H2,1-3H3,(H,30,33)/t25-/m0/s1. The Balaban J connectivity index is 1.86. The van der Waals surface area contributed by atoms with Crippen LogP contribution in [0.15, 0.2) is 35.5 Å². The maximum Gasteiger partial charge on any atom is 0.425 e. The van der Waals surface area contributed by atoms with Gasteiger partial charge in [0.1, 0.15) is 5.75 Å². The van der Waals surface area contributed by atoms with Crippen LogP contribution in [0.5, 0.6) is 5.75 Å². The molecule has 4 rings (SSSR count). The third-order valence-electron chi connectivity index (χ3n) is 7.31. The second-order valence-corrected chi connectivity index (χ2v) is 10.5. The summed E-state index contributed by atoms with van der Waals surface area (Å²) in [6.45, 7) is 3.62. The van der Waals surface area contributed by atoms with E-state index in [4.69, 9.17) is 4.74 Å². The van der Waals surface area contributed by atoms with Crippen molar-refractivity contribution in [3.05, 3.63) is 41.1 Å². The number of ketones is 1. The molecule has 35 heavy (non-hydrogen) atoms. The van der Waals surface area contributed by atoms with Gasteiger partial charge in [0.15, 0.2) is 5.78 Å². The highest BCUT2D eigenvalue weighted by molar-refractivity contribution is 6.14. The lowest BCUT2D eigenvalue weighted by Gasteiger charge is -2.36. The van der Waals surface area contributed by atoms with Gasteiger partial charge in [-0.1, -0.05) is 45.6 Å². The number of hydrogen-bond acceptors (Lipinski definition) is 4.